The summed E-state index contributed by atoms with van der Waals surface area (Å²) in [6.45, 7) is 5.92. The van der Waals surface area contributed by atoms with Gasteiger partial charge in [-0.15, -0.1) is 0 Å². The fourth-order valence-electron chi connectivity index (χ4n) is 3.07. The first kappa shape index (κ1) is 14.9. The van der Waals surface area contributed by atoms with Gasteiger partial charge in [0.25, 0.3) is 5.91 Å². The third kappa shape index (κ3) is 3.53. The molecule has 2 rings (SSSR count). The van der Waals surface area contributed by atoms with Crippen molar-refractivity contribution < 1.29 is 4.79 Å². The zero-order valence-corrected chi connectivity index (χ0v) is 12.9. The molecule has 0 spiro atoms. The summed E-state index contributed by atoms with van der Waals surface area (Å²) in [6, 6.07) is 5.93. The van der Waals surface area contributed by atoms with Crippen LogP contribution in [0.25, 0.3) is 0 Å². The molecule has 0 aromatic heterocycles. The van der Waals surface area contributed by atoms with Crippen molar-refractivity contribution in [2.75, 3.05) is 25.5 Å². The third-order valence-electron chi connectivity index (χ3n) is 4.19. The van der Waals surface area contributed by atoms with Crippen LogP contribution in [-0.4, -0.2) is 30.9 Å². The van der Waals surface area contributed by atoms with Crippen molar-refractivity contribution in [2.24, 2.45) is 5.92 Å². The van der Waals surface area contributed by atoms with E-state index in [1.807, 2.05) is 37.1 Å². The summed E-state index contributed by atoms with van der Waals surface area (Å²) in [6.07, 6.45) is 5.19. The Hall–Kier alpha value is -1.51. The fourth-order valence-corrected chi connectivity index (χ4v) is 3.07. The maximum atomic E-state index is 12.5. The first-order valence-corrected chi connectivity index (χ1v) is 7.71. The number of benzene rings is 1. The van der Waals surface area contributed by atoms with Gasteiger partial charge in [0, 0.05) is 31.4 Å². The van der Waals surface area contributed by atoms with Crippen LogP contribution in [0.3, 0.4) is 0 Å². The maximum Gasteiger partial charge on any atom is 0.253 e. The van der Waals surface area contributed by atoms with Gasteiger partial charge in [-0.2, -0.15) is 0 Å². The van der Waals surface area contributed by atoms with Gasteiger partial charge in [-0.05, 0) is 56.4 Å². The van der Waals surface area contributed by atoms with Gasteiger partial charge in [-0.3, -0.25) is 4.79 Å². The minimum absolute atomic E-state index is 0.142. The molecule has 0 saturated heterocycles. The van der Waals surface area contributed by atoms with Gasteiger partial charge < -0.3 is 10.2 Å². The molecule has 110 valence electrons. The van der Waals surface area contributed by atoms with Crippen LogP contribution in [-0.2, 0) is 0 Å². The Labute approximate surface area is 122 Å². The van der Waals surface area contributed by atoms with Crippen molar-refractivity contribution in [1.29, 1.82) is 0 Å². The summed E-state index contributed by atoms with van der Waals surface area (Å²) in [5.74, 6) is 0.842. The zero-order chi connectivity index (χ0) is 14.5. The lowest BCUT2D eigenvalue weighted by atomic mass is 10.1. The number of carbonyl (C=O) groups is 1. The van der Waals surface area contributed by atoms with E-state index in [1.54, 1.807) is 0 Å². The lowest BCUT2D eigenvalue weighted by Crippen LogP contribution is -2.31. The minimum Gasteiger partial charge on any atom is -0.385 e. The molecule has 3 heteroatoms. The van der Waals surface area contributed by atoms with Crippen molar-refractivity contribution in [3.05, 3.63) is 29.3 Å². The van der Waals surface area contributed by atoms with E-state index < -0.39 is 0 Å². The summed E-state index contributed by atoms with van der Waals surface area (Å²) in [5, 5.41) is 3.31. The van der Waals surface area contributed by atoms with E-state index in [-0.39, 0.29) is 5.91 Å². The number of amides is 1. The van der Waals surface area contributed by atoms with E-state index in [4.69, 9.17) is 0 Å². The monoisotopic (exact) mass is 274 g/mol. The number of anilines is 1. The number of aryl methyl sites for hydroxylation is 1. The molecular weight excluding hydrogens is 248 g/mol. The Morgan fingerprint density at radius 3 is 2.65 bits per heavy atom. The number of hydrogen-bond acceptors (Lipinski definition) is 2. The molecule has 1 N–H and O–H groups in total. The highest BCUT2D eigenvalue weighted by molar-refractivity contribution is 5.94. The quantitative estimate of drug-likeness (QED) is 0.888. The van der Waals surface area contributed by atoms with Crippen LogP contribution in [0.1, 0.15) is 48.5 Å². The van der Waals surface area contributed by atoms with Crippen molar-refractivity contribution in [3.63, 3.8) is 0 Å². The van der Waals surface area contributed by atoms with Gasteiger partial charge in [0.05, 0.1) is 0 Å². The molecule has 0 unspecified atom stereocenters. The molecule has 1 amide bonds. The van der Waals surface area contributed by atoms with Gasteiger partial charge in [0.1, 0.15) is 0 Å². The predicted molar refractivity (Wildman–Crippen MR) is 84.3 cm³/mol. The van der Waals surface area contributed by atoms with Gasteiger partial charge in [0.15, 0.2) is 0 Å². The van der Waals surface area contributed by atoms with Crippen LogP contribution < -0.4 is 5.32 Å². The van der Waals surface area contributed by atoms with E-state index in [0.29, 0.717) is 5.92 Å². The van der Waals surface area contributed by atoms with Crippen LogP contribution in [0, 0.1) is 12.8 Å². The smallest absolute Gasteiger partial charge is 0.253 e. The molecule has 0 heterocycles. The topological polar surface area (TPSA) is 32.3 Å². The van der Waals surface area contributed by atoms with Crippen LogP contribution >= 0.6 is 0 Å². The summed E-state index contributed by atoms with van der Waals surface area (Å²) in [4.78, 5) is 14.3. The molecule has 0 atom stereocenters. The van der Waals surface area contributed by atoms with Crippen LogP contribution in [0.4, 0.5) is 5.69 Å². The average Bonchev–Trinajstić information content (AvgIpc) is 2.93. The fraction of sp³-hybridized carbons (Fsp3) is 0.588. The summed E-state index contributed by atoms with van der Waals surface area (Å²) >= 11 is 0. The SMILES string of the molecule is CCNc1ccc(C(=O)N(C)CC2CCCC2)cc1C. The third-order valence-corrected chi connectivity index (χ3v) is 4.19. The molecule has 0 bridgehead atoms. The largest absolute Gasteiger partial charge is 0.385 e. The second-order valence-electron chi connectivity index (χ2n) is 5.90. The van der Waals surface area contributed by atoms with E-state index in [9.17, 15) is 4.79 Å². The molecule has 20 heavy (non-hydrogen) atoms. The van der Waals surface area contributed by atoms with Crippen molar-refractivity contribution in [2.45, 2.75) is 39.5 Å². The molecule has 1 aromatic carbocycles. The number of hydrogen-bond donors (Lipinski definition) is 1. The first-order valence-electron chi connectivity index (χ1n) is 7.71. The highest BCUT2D eigenvalue weighted by Gasteiger charge is 2.20. The Kier molecular flexibility index (Phi) is 5.05. The molecule has 1 saturated carbocycles. The normalized spacial score (nSPS) is 15.3. The van der Waals surface area contributed by atoms with Crippen molar-refractivity contribution in [3.8, 4) is 0 Å². The van der Waals surface area contributed by atoms with E-state index in [1.165, 1.54) is 25.7 Å². The molecular formula is C17H26N2O. The number of nitrogens with zero attached hydrogens (tertiary/aromatic N) is 1. The number of nitrogens with one attached hydrogen (secondary N) is 1. The Balaban J connectivity index is 2.02. The van der Waals surface area contributed by atoms with E-state index in [0.717, 1.165) is 29.9 Å². The summed E-state index contributed by atoms with van der Waals surface area (Å²) in [5.41, 5.74) is 3.04. The van der Waals surface area contributed by atoms with Gasteiger partial charge in [-0.25, -0.2) is 0 Å². The Bertz CT molecular complexity index is 464. The molecule has 3 nitrogen and oxygen atoms in total. The number of rotatable bonds is 5. The lowest BCUT2D eigenvalue weighted by Gasteiger charge is -2.21. The van der Waals surface area contributed by atoms with Gasteiger partial charge in [-0.1, -0.05) is 12.8 Å². The van der Waals surface area contributed by atoms with Crippen LogP contribution in [0.5, 0.6) is 0 Å². The van der Waals surface area contributed by atoms with Gasteiger partial charge >= 0.3 is 0 Å². The summed E-state index contributed by atoms with van der Waals surface area (Å²) in [7, 11) is 1.92. The average molecular weight is 274 g/mol. The lowest BCUT2D eigenvalue weighted by molar-refractivity contribution is 0.0773. The molecule has 1 fully saturated rings. The molecule has 0 aliphatic heterocycles. The molecule has 1 aliphatic carbocycles. The molecule has 1 aromatic rings. The highest BCUT2D eigenvalue weighted by Crippen LogP contribution is 2.26. The zero-order valence-electron chi connectivity index (χ0n) is 12.9. The van der Waals surface area contributed by atoms with Crippen molar-refractivity contribution >= 4 is 11.6 Å². The molecule has 0 radical (unpaired) electrons. The maximum absolute atomic E-state index is 12.5. The van der Waals surface area contributed by atoms with E-state index >= 15 is 0 Å². The summed E-state index contributed by atoms with van der Waals surface area (Å²) < 4.78 is 0. The van der Waals surface area contributed by atoms with Crippen LogP contribution in [0.2, 0.25) is 0 Å². The predicted octanol–water partition coefficient (Wildman–Crippen LogP) is 3.69. The van der Waals surface area contributed by atoms with Crippen LogP contribution in [0.15, 0.2) is 18.2 Å². The van der Waals surface area contributed by atoms with Gasteiger partial charge in [0.2, 0.25) is 0 Å². The Morgan fingerprint density at radius 2 is 2.05 bits per heavy atom. The second kappa shape index (κ2) is 6.78. The molecule has 1 aliphatic rings. The Morgan fingerprint density at radius 1 is 1.35 bits per heavy atom. The van der Waals surface area contributed by atoms with E-state index in [2.05, 4.69) is 12.2 Å². The highest BCUT2D eigenvalue weighted by atomic mass is 16.2. The standard InChI is InChI=1S/C17H26N2O/c1-4-18-16-10-9-15(11-13(16)2)17(20)19(3)12-14-7-5-6-8-14/h9-11,14,18H,4-8,12H2,1-3H3. The van der Waals surface area contributed by atoms with Crippen molar-refractivity contribution in [1.82, 2.24) is 4.90 Å². The first-order chi connectivity index (χ1) is 9.61. The minimum atomic E-state index is 0.142. The number of carbonyl (C=O) groups excluding carboxylic acids is 1. The second-order valence-corrected chi connectivity index (χ2v) is 5.90.